The summed E-state index contributed by atoms with van der Waals surface area (Å²) < 4.78 is 0. The van der Waals surface area contributed by atoms with E-state index in [-0.39, 0.29) is 0 Å². The van der Waals surface area contributed by atoms with E-state index >= 15 is 0 Å². The van der Waals surface area contributed by atoms with Crippen LogP contribution < -0.4 is 16.0 Å². The number of fused-ring (bicyclic) bond motifs is 1. The molecule has 0 saturated carbocycles. The topological polar surface area (TPSA) is 71.2 Å². The monoisotopic (exact) mass is 268 g/mol. The van der Waals surface area contributed by atoms with E-state index in [0.29, 0.717) is 11.4 Å². The van der Waals surface area contributed by atoms with Gasteiger partial charge in [-0.1, -0.05) is 18.2 Å². The standard InChI is InChI=1S/C15H16N4O/c16-14(20)12-5-3-7-18-15(12)19-9-8-17-10-11-4-1-2-6-13(11)19/h1-7,17H,8-10H2,(H2,16,20). The molecule has 102 valence electrons. The van der Waals surface area contributed by atoms with E-state index in [0.717, 1.165) is 25.3 Å². The first-order chi connectivity index (χ1) is 9.77. The van der Waals surface area contributed by atoms with Gasteiger partial charge in [0.25, 0.3) is 5.91 Å². The zero-order valence-electron chi connectivity index (χ0n) is 11.0. The first-order valence-electron chi connectivity index (χ1n) is 6.58. The molecule has 1 aromatic carbocycles. The van der Waals surface area contributed by atoms with Crippen LogP contribution in [0.25, 0.3) is 0 Å². The predicted molar refractivity (Wildman–Crippen MR) is 77.9 cm³/mol. The van der Waals surface area contributed by atoms with Crippen molar-refractivity contribution in [2.24, 2.45) is 5.73 Å². The van der Waals surface area contributed by atoms with Gasteiger partial charge in [0.2, 0.25) is 0 Å². The van der Waals surface area contributed by atoms with Crippen molar-refractivity contribution in [1.82, 2.24) is 10.3 Å². The number of pyridine rings is 1. The molecule has 0 atom stereocenters. The van der Waals surface area contributed by atoms with Gasteiger partial charge in [-0.25, -0.2) is 4.98 Å². The molecule has 5 nitrogen and oxygen atoms in total. The molecule has 0 unspecified atom stereocenters. The predicted octanol–water partition coefficient (Wildman–Crippen LogP) is 1.42. The summed E-state index contributed by atoms with van der Waals surface area (Å²) in [4.78, 5) is 18.0. The molecule has 0 spiro atoms. The van der Waals surface area contributed by atoms with E-state index < -0.39 is 5.91 Å². The fraction of sp³-hybridized carbons (Fsp3) is 0.200. The fourth-order valence-corrected chi connectivity index (χ4v) is 2.48. The highest BCUT2D eigenvalue weighted by molar-refractivity contribution is 5.98. The highest BCUT2D eigenvalue weighted by Gasteiger charge is 2.21. The van der Waals surface area contributed by atoms with Gasteiger partial charge in [0.15, 0.2) is 0 Å². The molecule has 0 aliphatic carbocycles. The Bertz CT molecular complexity index is 641. The maximum atomic E-state index is 11.6. The lowest BCUT2D eigenvalue weighted by molar-refractivity contribution is 0.100. The fourth-order valence-electron chi connectivity index (χ4n) is 2.48. The van der Waals surface area contributed by atoms with Gasteiger partial charge in [-0.05, 0) is 23.8 Å². The summed E-state index contributed by atoms with van der Waals surface area (Å²) in [5.74, 6) is 0.166. The number of primary amides is 1. The molecule has 0 radical (unpaired) electrons. The number of rotatable bonds is 2. The molecule has 1 aromatic heterocycles. The average Bonchev–Trinajstić information content (AvgIpc) is 2.69. The number of anilines is 2. The van der Waals surface area contributed by atoms with Crippen molar-refractivity contribution in [1.29, 1.82) is 0 Å². The smallest absolute Gasteiger partial charge is 0.252 e. The van der Waals surface area contributed by atoms with Gasteiger partial charge in [0, 0.05) is 31.5 Å². The largest absolute Gasteiger partial charge is 0.365 e. The Morgan fingerprint density at radius 1 is 1.25 bits per heavy atom. The third-order valence-electron chi connectivity index (χ3n) is 3.42. The first kappa shape index (κ1) is 12.6. The van der Waals surface area contributed by atoms with E-state index in [1.807, 2.05) is 18.2 Å². The van der Waals surface area contributed by atoms with Crippen molar-refractivity contribution in [2.75, 3.05) is 18.0 Å². The number of nitrogens with zero attached hydrogens (tertiary/aromatic N) is 2. The van der Waals surface area contributed by atoms with Crippen LogP contribution in [0.3, 0.4) is 0 Å². The minimum absolute atomic E-state index is 0.448. The first-order valence-corrected chi connectivity index (χ1v) is 6.58. The van der Waals surface area contributed by atoms with Gasteiger partial charge in [0.05, 0.1) is 5.56 Å². The van der Waals surface area contributed by atoms with Gasteiger partial charge in [-0.2, -0.15) is 0 Å². The Hall–Kier alpha value is -2.40. The second-order valence-electron chi connectivity index (χ2n) is 4.70. The number of carbonyl (C=O) groups excluding carboxylic acids is 1. The maximum Gasteiger partial charge on any atom is 0.252 e. The normalized spacial score (nSPS) is 14.5. The van der Waals surface area contributed by atoms with Crippen molar-refractivity contribution in [3.63, 3.8) is 0 Å². The van der Waals surface area contributed by atoms with Crippen molar-refractivity contribution in [3.8, 4) is 0 Å². The Morgan fingerprint density at radius 2 is 2.10 bits per heavy atom. The summed E-state index contributed by atoms with van der Waals surface area (Å²) in [7, 11) is 0. The van der Waals surface area contributed by atoms with Gasteiger partial charge in [-0.3, -0.25) is 4.79 Å². The van der Waals surface area contributed by atoms with E-state index in [4.69, 9.17) is 5.73 Å². The van der Waals surface area contributed by atoms with Gasteiger partial charge >= 0.3 is 0 Å². The molecule has 1 aliphatic heterocycles. The molecule has 3 rings (SSSR count). The molecular formula is C15H16N4O. The van der Waals surface area contributed by atoms with E-state index in [1.165, 1.54) is 5.56 Å². The minimum atomic E-state index is -0.456. The van der Waals surface area contributed by atoms with Crippen LogP contribution in [0.15, 0.2) is 42.6 Å². The number of hydrogen-bond donors (Lipinski definition) is 2. The number of aromatic nitrogens is 1. The van der Waals surface area contributed by atoms with Crippen LogP contribution >= 0.6 is 0 Å². The van der Waals surface area contributed by atoms with Crippen molar-refractivity contribution < 1.29 is 4.79 Å². The summed E-state index contributed by atoms with van der Waals surface area (Å²) in [6.45, 7) is 2.38. The van der Waals surface area contributed by atoms with Gasteiger partial charge in [-0.15, -0.1) is 0 Å². The second-order valence-corrected chi connectivity index (χ2v) is 4.70. The molecule has 0 bridgehead atoms. The van der Waals surface area contributed by atoms with Crippen LogP contribution in [0, 0.1) is 0 Å². The maximum absolute atomic E-state index is 11.6. The summed E-state index contributed by atoms with van der Waals surface area (Å²) in [6, 6.07) is 11.6. The third-order valence-corrected chi connectivity index (χ3v) is 3.42. The zero-order valence-corrected chi connectivity index (χ0v) is 11.0. The number of benzene rings is 1. The number of nitrogens with one attached hydrogen (secondary N) is 1. The van der Waals surface area contributed by atoms with Crippen LogP contribution in [0.2, 0.25) is 0 Å². The minimum Gasteiger partial charge on any atom is -0.365 e. The summed E-state index contributed by atoms with van der Waals surface area (Å²) in [5.41, 5.74) is 8.16. The van der Waals surface area contributed by atoms with Crippen LogP contribution in [-0.4, -0.2) is 24.0 Å². The van der Waals surface area contributed by atoms with Gasteiger partial charge < -0.3 is 16.0 Å². The van der Waals surface area contributed by atoms with Crippen molar-refractivity contribution in [2.45, 2.75) is 6.54 Å². The summed E-state index contributed by atoms with van der Waals surface area (Å²) in [6.07, 6.45) is 1.68. The quantitative estimate of drug-likeness (QED) is 0.864. The number of nitrogens with two attached hydrogens (primary N) is 1. The highest BCUT2D eigenvalue weighted by atomic mass is 16.1. The number of carbonyl (C=O) groups is 1. The molecule has 0 saturated heterocycles. The lowest BCUT2D eigenvalue weighted by atomic mass is 10.1. The van der Waals surface area contributed by atoms with E-state index in [1.54, 1.807) is 18.3 Å². The summed E-state index contributed by atoms with van der Waals surface area (Å²) in [5, 5.41) is 3.37. The molecule has 2 heterocycles. The average molecular weight is 268 g/mol. The van der Waals surface area contributed by atoms with E-state index in [9.17, 15) is 4.79 Å². The Kier molecular flexibility index (Phi) is 3.35. The van der Waals surface area contributed by atoms with Crippen LogP contribution in [0.1, 0.15) is 15.9 Å². The second kappa shape index (κ2) is 5.30. The molecule has 20 heavy (non-hydrogen) atoms. The van der Waals surface area contributed by atoms with Crippen molar-refractivity contribution in [3.05, 3.63) is 53.7 Å². The van der Waals surface area contributed by atoms with Crippen LogP contribution in [0.5, 0.6) is 0 Å². The molecule has 2 aromatic rings. The molecule has 1 amide bonds. The SMILES string of the molecule is NC(=O)c1cccnc1N1CCNCc2ccccc21. The van der Waals surface area contributed by atoms with Gasteiger partial charge in [0.1, 0.15) is 5.82 Å². The molecule has 3 N–H and O–H groups in total. The zero-order chi connectivity index (χ0) is 13.9. The highest BCUT2D eigenvalue weighted by Crippen LogP contribution is 2.30. The molecule has 5 heteroatoms. The Morgan fingerprint density at radius 3 is 2.95 bits per heavy atom. The number of para-hydroxylation sites is 1. The lowest BCUT2D eigenvalue weighted by Crippen LogP contribution is -2.27. The molecule has 0 fully saturated rings. The van der Waals surface area contributed by atoms with E-state index in [2.05, 4.69) is 21.3 Å². The third kappa shape index (κ3) is 2.23. The van der Waals surface area contributed by atoms with Crippen molar-refractivity contribution >= 4 is 17.4 Å². The molecule has 1 aliphatic rings. The number of hydrogen-bond acceptors (Lipinski definition) is 4. The Labute approximate surface area is 117 Å². The summed E-state index contributed by atoms with van der Waals surface area (Å²) >= 11 is 0. The molecular weight excluding hydrogens is 252 g/mol. The number of amides is 1. The van der Waals surface area contributed by atoms with Crippen LogP contribution in [0.4, 0.5) is 11.5 Å². The Balaban J connectivity index is 2.13. The lowest BCUT2D eigenvalue weighted by Gasteiger charge is -2.24. The van der Waals surface area contributed by atoms with Crippen LogP contribution in [-0.2, 0) is 6.54 Å².